The largest absolute Gasteiger partial charge is 0.360 e. The highest BCUT2D eigenvalue weighted by Gasteiger charge is 2.20. The normalized spacial score (nSPS) is 11.8. The molecule has 1 N–H and O–H groups in total. The lowest BCUT2D eigenvalue weighted by Gasteiger charge is -2.22. The summed E-state index contributed by atoms with van der Waals surface area (Å²) in [5, 5.41) is 7.40. The molecule has 0 bridgehead atoms. The first kappa shape index (κ1) is 24.8. The number of pyridine rings is 1. The minimum atomic E-state index is -0.258. The molecule has 0 fully saturated rings. The Balaban J connectivity index is 1.52. The van der Waals surface area contributed by atoms with Gasteiger partial charge in [0.05, 0.1) is 28.6 Å². The molecule has 39 heavy (non-hydrogen) atoms. The van der Waals surface area contributed by atoms with Gasteiger partial charge in [0, 0.05) is 11.4 Å². The van der Waals surface area contributed by atoms with Crippen LogP contribution < -0.4 is 10.9 Å². The Morgan fingerprint density at radius 3 is 2.64 bits per heavy atom. The van der Waals surface area contributed by atoms with E-state index >= 15 is 0 Å². The highest BCUT2D eigenvalue weighted by molar-refractivity contribution is 7.78. The summed E-state index contributed by atoms with van der Waals surface area (Å²) in [5.74, 6) is 0.632. The van der Waals surface area contributed by atoms with Crippen LogP contribution in [0.4, 0.5) is 5.82 Å². The molecule has 3 aromatic heterocycles. The van der Waals surface area contributed by atoms with E-state index in [2.05, 4.69) is 48.7 Å². The van der Waals surface area contributed by atoms with Gasteiger partial charge >= 0.3 is 0 Å². The van der Waals surface area contributed by atoms with Crippen molar-refractivity contribution in [1.29, 1.82) is 0 Å². The van der Waals surface area contributed by atoms with Crippen LogP contribution in [0.3, 0.4) is 0 Å². The fourth-order valence-electron chi connectivity index (χ4n) is 4.78. The summed E-state index contributed by atoms with van der Waals surface area (Å²) in [6.45, 7) is 2.50. The Bertz CT molecular complexity index is 1910. The van der Waals surface area contributed by atoms with Crippen molar-refractivity contribution in [3.8, 4) is 16.8 Å². The van der Waals surface area contributed by atoms with Gasteiger partial charge in [-0.25, -0.2) is 19.9 Å². The number of para-hydroxylation sites is 1. The maximum absolute atomic E-state index is 14.3. The Morgan fingerprint density at radius 2 is 1.85 bits per heavy atom. The van der Waals surface area contributed by atoms with Crippen LogP contribution in [0.25, 0.3) is 37.9 Å². The fourth-order valence-corrected chi connectivity index (χ4v) is 5.47. The lowest BCUT2D eigenvalue weighted by molar-refractivity contribution is 0.774. The first-order valence-electron chi connectivity index (χ1n) is 12.3. The number of benzene rings is 3. The molecule has 0 aliphatic carbocycles. The Morgan fingerprint density at radius 1 is 1.03 bits per heavy atom. The van der Waals surface area contributed by atoms with Gasteiger partial charge in [-0.05, 0) is 59.4 Å². The summed E-state index contributed by atoms with van der Waals surface area (Å²) in [6.07, 6.45) is 1.53. The van der Waals surface area contributed by atoms with Gasteiger partial charge in [0.1, 0.15) is 16.7 Å². The molecular weight excluding hydrogens is 525 g/mol. The van der Waals surface area contributed by atoms with E-state index in [0.29, 0.717) is 23.3 Å². The summed E-state index contributed by atoms with van der Waals surface area (Å²) in [6, 6.07) is 25.5. The van der Waals surface area contributed by atoms with Gasteiger partial charge in [-0.3, -0.25) is 9.36 Å². The molecule has 190 valence electrons. The van der Waals surface area contributed by atoms with E-state index in [1.54, 1.807) is 10.1 Å². The van der Waals surface area contributed by atoms with Gasteiger partial charge < -0.3 is 5.32 Å². The average molecular weight is 547 g/mol. The number of hydrogen-bond donors (Lipinski definition) is 1. The van der Waals surface area contributed by atoms with Gasteiger partial charge in [-0.1, -0.05) is 60.7 Å². The highest BCUT2D eigenvalue weighted by atomic mass is 32.1. The molecule has 1 atom stereocenters. The predicted molar refractivity (Wildman–Crippen MR) is 161 cm³/mol. The third kappa shape index (κ3) is 4.75. The molecule has 1 unspecified atom stereocenters. The zero-order chi connectivity index (χ0) is 26.8. The molecule has 0 amide bonds. The number of isothiocyanates is 1. The van der Waals surface area contributed by atoms with Crippen molar-refractivity contribution in [3.63, 3.8) is 0 Å². The summed E-state index contributed by atoms with van der Waals surface area (Å²) in [4.78, 5) is 32.3. The Hall–Kier alpha value is -4.56. The Kier molecular flexibility index (Phi) is 6.77. The minimum Gasteiger partial charge on any atom is -0.360 e. The molecule has 0 aliphatic rings. The number of thiocarbonyl (C=S) groups is 1. The van der Waals surface area contributed by atoms with Crippen molar-refractivity contribution in [3.05, 3.63) is 112 Å². The summed E-state index contributed by atoms with van der Waals surface area (Å²) >= 11 is 6.15. The van der Waals surface area contributed by atoms with Crippen molar-refractivity contribution < 1.29 is 0 Å². The first-order chi connectivity index (χ1) is 19.1. The smallest absolute Gasteiger partial charge is 0.263 e. The van der Waals surface area contributed by atoms with Crippen molar-refractivity contribution in [1.82, 2.24) is 19.5 Å². The Labute approximate surface area is 233 Å². The van der Waals surface area contributed by atoms with E-state index in [4.69, 9.17) is 0 Å². The molecule has 3 aromatic carbocycles. The molecule has 0 radical (unpaired) electrons. The van der Waals surface area contributed by atoms with Crippen LogP contribution in [0.15, 0.2) is 100 Å². The molecular formula is C30H22N6OS2. The highest BCUT2D eigenvalue weighted by Crippen LogP contribution is 2.31. The second-order valence-electron chi connectivity index (χ2n) is 9.01. The third-order valence-electron chi connectivity index (χ3n) is 6.61. The number of aliphatic imine (C=N–C) groups is 1. The lowest BCUT2D eigenvalue weighted by Crippen LogP contribution is -2.26. The van der Waals surface area contributed by atoms with Crippen LogP contribution >= 0.6 is 23.6 Å². The fraction of sp³-hybridized carbons (Fsp3) is 0.100. The lowest BCUT2D eigenvalue weighted by atomic mass is 9.97. The monoisotopic (exact) mass is 546 g/mol. The van der Waals surface area contributed by atoms with Crippen LogP contribution in [0.2, 0.25) is 0 Å². The number of rotatable bonds is 7. The quantitative estimate of drug-likeness (QED) is 0.174. The number of fused-ring (bicyclic) bond motifs is 2. The maximum atomic E-state index is 14.3. The molecule has 0 aliphatic heterocycles. The van der Waals surface area contributed by atoms with Gasteiger partial charge in [0.25, 0.3) is 5.56 Å². The van der Waals surface area contributed by atoms with E-state index in [1.807, 2.05) is 79.7 Å². The SMILES string of the molecule is CC(Nc1ncnc2scnc12)c1cc2cccc(-c3ccc(CN=C=S)cc3)c2c(=O)n1-c1ccccc1. The van der Waals surface area contributed by atoms with E-state index in [1.165, 1.54) is 17.7 Å². The summed E-state index contributed by atoms with van der Waals surface area (Å²) in [7, 11) is 0. The summed E-state index contributed by atoms with van der Waals surface area (Å²) < 4.78 is 1.78. The van der Waals surface area contributed by atoms with Crippen LogP contribution in [-0.4, -0.2) is 24.7 Å². The number of hydrogen-bond acceptors (Lipinski definition) is 8. The van der Waals surface area contributed by atoms with Crippen LogP contribution in [-0.2, 0) is 6.54 Å². The second kappa shape index (κ2) is 10.7. The van der Waals surface area contributed by atoms with Gasteiger partial charge in [-0.2, -0.15) is 0 Å². The molecule has 0 spiro atoms. The van der Waals surface area contributed by atoms with Gasteiger partial charge in [0.15, 0.2) is 5.82 Å². The molecule has 9 heteroatoms. The third-order valence-corrected chi connectivity index (χ3v) is 7.47. The van der Waals surface area contributed by atoms with Crippen LogP contribution in [0.1, 0.15) is 24.2 Å². The van der Waals surface area contributed by atoms with Gasteiger partial charge in [0.2, 0.25) is 0 Å². The van der Waals surface area contributed by atoms with Crippen molar-refractivity contribution in [2.75, 3.05) is 5.32 Å². The summed E-state index contributed by atoms with van der Waals surface area (Å²) in [5.41, 5.74) is 6.84. The van der Waals surface area contributed by atoms with Gasteiger partial charge in [-0.15, -0.1) is 11.3 Å². The number of thiazole rings is 1. The number of nitrogens with one attached hydrogen (secondary N) is 1. The van der Waals surface area contributed by atoms with E-state index < -0.39 is 0 Å². The molecule has 6 aromatic rings. The zero-order valence-electron chi connectivity index (χ0n) is 20.9. The predicted octanol–water partition coefficient (Wildman–Crippen LogP) is 6.83. The number of aromatic nitrogens is 4. The van der Waals surface area contributed by atoms with E-state index in [0.717, 1.165) is 38.3 Å². The first-order valence-corrected chi connectivity index (χ1v) is 13.6. The molecule has 6 rings (SSSR count). The standard InChI is InChI=1S/C30H22N6OS2/c1-19(35-28-27-29(33-16-32-28)39-18-34-27)25-14-22-6-5-9-24(21-12-10-20(11-13-21)15-31-17-38)26(22)30(37)36(25)23-7-3-2-4-8-23/h2-14,16,18-19H,15H2,1H3,(H,32,33,35). The molecule has 0 saturated heterocycles. The number of nitrogens with zero attached hydrogens (tertiary/aromatic N) is 5. The van der Waals surface area contributed by atoms with Crippen LogP contribution in [0, 0.1) is 0 Å². The molecule has 7 nitrogen and oxygen atoms in total. The molecule has 3 heterocycles. The minimum absolute atomic E-state index is 0.0890. The average Bonchev–Trinajstić information content (AvgIpc) is 3.46. The van der Waals surface area contributed by atoms with Crippen molar-refractivity contribution >= 4 is 55.7 Å². The second-order valence-corrected chi connectivity index (χ2v) is 10.0. The molecule has 0 saturated carbocycles. The maximum Gasteiger partial charge on any atom is 0.263 e. The van der Waals surface area contributed by atoms with Crippen molar-refractivity contribution in [2.45, 2.75) is 19.5 Å². The van der Waals surface area contributed by atoms with E-state index in [9.17, 15) is 4.79 Å². The topological polar surface area (TPSA) is 85.1 Å². The van der Waals surface area contributed by atoms with Crippen molar-refractivity contribution in [2.24, 2.45) is 4.99 Å². The van der Waals surface area contributed by atoms with Crippen LogP contribution in [0.5, 0.6) is 0 Å². The number of anilines is 1. The zero-order valence-corrected chi connectivity index (χ0v) is 22.5. The van der Waals surface area contributed by atoms with E-state index in [-0.39, 0.29) is 11.6 Å².